The van der Waals surface area contributed by atoms with Crippen molar-refractivity contribution < 1.29 is 9.90 Å². The summed E-state index contributed by atoms with van der Waals surface area (Å²) in [5, 5.41) is 15.1. The molecule has 1 aromatic heterocycles. The lowest BCUT2D eigenvalue weighted by molar-refractivity contribution is 0.0697. The van der Waals surface area contributed by atoms with E-state index in [0.29, 0.717) is 10.7 Å². The van der Waals surface area contributed by atoms with Crippen molar-refractivity contribution in [3.8, 4) is 0 Å². The highest BCUT2D eigenvalue weighted by molar-refractivity contribution is 9.10. The lowest BCUT2D eigenvalue weighted by Crippen LogP contribution is -2.01. The zero-order valence-electron chi connectivity index (χ0n) is 11.1. The molecule has 0 bridgehead atoms. The predicted octanol–water partition coefficient (Wildman–Crippen LogP) is 4.81. The van der Waals surface area contributed by atoms with Gasteiger partial charge in [-0.05, 0) is 36.0 Å². The van der Waals surface area contributed by atoms with Crippen LogP contribution in [0, 0.1) is 6.92 Å². The van der Waals surface area contributed by atoms with Crippen molar-refractivity contribution >= 4 is 54.9 Å². The minimum atomic E-state index is -0.967. The molecule has 21 heavy (non-hydrogen) atoms. The van der Waals surface area contributed by atoms with Gasteiger partial charge in [0.25, 0.3) is 0 Å². The number of nitrogens with one attached hydrogen (secondary N) is 1. The quantitative estimate of drug-likeness (QED) is 0.701. The van der Waals surface area contributed by atoms with Gasteiger partial charge in [0.05, 0.1) is 5.69 Å². The Labute approximate surface area is 133 Å². The van der Waals surface area contributed by atoms with E-state index in [-0.39, 0.29) is 5.56 Å². The highest BCUT2D eigenvalue weighted by Crippen LogP contribution is 2.34. The fourth-order valence-corrected chi connectivity index (χ4v) is 3.48. The number of aromatic carboxylic acids is 1. The Morgan fingerprint density at radius 2 is 1.95 bits per heavy atom. The molecule has 1 heterocycles. The second-order valence-electron chi connectivity index (χ2n) is 4.54. The second kappa shape index (κ2) is 5.46. The number of aryl methyl sites for hydroxylation is 1. The zero-order chi connectivity index (χ0) is 15.0. The molecule has 106 valence electrons. The van der Waals surface area contributed by atoms with Crippen LogP contribution in [-0.4, -0.2) is 15.4 Å². The molecule has 0 amide bonds. The van der Waals surface area contributed by atoms with E-state index in [9.17, 15) is 9.90 Å². The van der Waals surface area contributed by atoms with Crippen LogP contribution in [0.5, 0.6) is 0 Å². The maximum Gasteiger partial charge on any atom is 0.340 e. The number of rotatable bonds is 3. The Hall–Kier alpha value is -1.92. The van der Waals surface area contributed by atoms with Crippen LogP contribution in [-0.2, 0) is 0 Å². The Morgan fingerprint density at radius 1 is 1.24 bits per heavy atom. The number of carbonyl (C=O) groups is 1. The SMILES string of the molecule is Cc1nsc(Nc2ccc(Br)c3ccccc23)c1C(=O)O. The van der Waals surface area contributed by atoms with E-state index in [1.54, 1.807) is 6.92 Å². The molecule has 2 aromatic carbocycles. The number of benzene rings is 2. The minimum absolute atomic E-state index is 0.229. The van der Waals surface area contributed by atoms with Crippen LogP contribution < -0.4 is 5.32 Å². The van der Waals surface area contributed by atoms with Gasteiger partial charge in [0, 0.05) is 15.5 Å². The molecule has 4 nitrogen and oxygen atoms in total. The topological polar surface area (TPSA) is 62.2 Å². The average molecular weight is 363 g/mol. The van der Waals surface area contributed by atoms with Crippen LogP contribution in [0.3, 0.4) is 0 Å². The van der Waals surface area contributed by atoms with Gasteiger partial charge in [0.15, 0.2) is 0 Å². The van der Waals surface area contributed by atoms with E-state index in [4.69, 9.17) is 0 Å². The molecule has 0 aliphatic heterocycles. The Bertz CT molecular complexity index is 845. The van der Waals surface area contributed by atoms with Gasteiger partial charge in [-0.1, -0.05) is 40.2 Å². The standard InChI is InChI=1S/C15H11BrN2O2S/c1-8-13(15(19)20)14(21-18-8)17-12-7-6-11(16)9-4-2-3-5-10(9)12/h2-7,17H,1H3,(H,19,20). The van der Waals surface area contributed by atoms with Crippen LogP contribution in [0.15, 0.2) is 40.9 Å². The van der Waals surface area contributed by atoms with Gasteiger partial charge in [0.1, 0.15) is 10.6 Å². The first-order valence-corrected chi connectivity index (χ1v) is 7.78. The molecular formula is C15H11BrN2O2S. The largest absolute Gasteiger partial charge is 0.478 e. The van der Waals surface area contributed by atoms with Gasteiger partial charge in [0.2, 0.25) is 0 Å². The van der Waals surface area contributed by atoms with Gasteiger partial charge in [-0.2, -0.15) is 4.37 Å². The van der Waals surface area contributed by atoms with Crippen molar-refractivity contribution in [3.05, 3.63) is 52.1 Å². The number of anilines is 2. The van der Waals surface area contributed by atoms with Gasteiger partial charge in [-0.3, -0.25) is 0 Å². The van der Waals surface area contributed by atoms with Crippen LogP contribution in [0.25, 0.3) is 10.8 Å². The molecule has 0 aliphatic rings. The number of carboxylic acids is 1. The minimum Gasteiger partial charge on any atom is -0.478 e. The third-order valence-electron chi connectivity index (χ3n) is 3.20. The summed E-state index contributed by atoms with van der Waals surface area (Å²) < 4.78 is 5.12. The molecule has 0 saturated carbocycles. The first-order chi connectivity index (χ1) is 10.1. The molecule has 6 heteroatoms. The molecule has 0 saturated heterocycles. The summed E-state index contributed by atoms with van der Waals surface area (Å²) in [5.74, 6) is -0.967. The molecule has 0 atom stereocenters. The van der Waals surface area contributed by atoms with E-state index in [1.165, 1.54) is 0 Å². The number of hydrogen-bond acceptors (Lipinski definition) is 4. The summed E-state index contributed by atoms with van der Waals surface area (Å²) in [7, 11) is 0. The van der Waals surface area contributed by atoms with E-state index in [0.717, 1.165) is 32.5 Å². The van der Waals surface area contributed by atoms with Crippen molar-refractivity contribution in [2.24, 2.45) is 0 Å². The van der Waals surface area contributed by atoms with Gasteiger partial charge < -0.3 is 10.4 Å². The van der Waals surface area contributed by atoms with Crippen LogP contribution >= 0.6 is 27.5 Å². The van der Waals surface area contributed by atoms with E-state index in [2.05, 4.69) is 25.6 Å². The second-order valence-corrected chi connectivity index (χ2v) is 6.17. The fourth-order valence-electron chi connectivity index (χ4n) is 2.20. The molecule has 0 fully saturated rings. The smallest absolute Gasteiger partial charge is 0.340 e. The van der Waals surface area contributed by atoms with Crippen molar-refractivity contribution in [2.45, 2.75) is 6.92 Å². The predicted molar refractivity (Wildman–Crippen MR) is 88.7 cm³/mol. The van der Waals surface area contributed by atoms with Gasteiger partial charge in [-0.15, -0.1) is 0 Å². The average Bonchev–Trinajstić information content (AvgIpc) is 2.83. The van der Waals surface area contributed by atoms with E-state index < -0.39 is 5.97 Å². The first-order valence-electron chi connectivity index (χ1n) is 6.22. The summed E-state index contributed by atoms with van der Waals surface area (Å²) in [6.07, 6.45) is 0. The summed E-state index contributed by atoms with van der Waals surface area (Å²) in [4.78, 5) is 11.3. The van der Waals surface area contributed by atoms with Gasteiger partial charge in [-0.25, -0.2) is 4.79 Å². The maximum atomic E-state index is 11.3. The fraction of sp³-hybridized carbons (Fsp3) is 0.0667. The third kappa shape index (κ3) is 2.52. The van der Waals surface area contributed by atoms with Crippen LogP contribution in [0.2, 0.25) is 0 Å². The molecule has 0 spiro atoms. The Morgan fingerprint density at radius 3 is 2.67 bits per heavy atom. The highest BCUT2D eigenvalue weighted by atomic mass is 79.9. The number of hydrogen-bond donors (Lipinski definition) is 2. The highest BCUT2D eigenvalue weighted by Gasteiger charge is 2.18. The monoisotopic (exact) mass is 362 g/mol. The summed E-state index contributed by atoms with van der Waals surface area (Å²) in [5.41, 5.74) is 1.61. The molecule has 0 radical (unpaired) electrons. The van der Waals surface area contributed by atoms with Crippen LogP contribution in [0.4, 0.5) is 10.7 Å². The van der Waals surface area contributed by atoms with Crippen molar-refractivity contribution in [1.29, 1.82) is 0 Å². The lowest BCUT2D eigenvalue weighted by atomic mass is 10.1. The number of carboxylic acid groups (broad SMARTS) is 1. The van der Waals surface area contributed by atoms with Crippen molar-refractivity contribution in [1.82, 2.24) is 4.37 Å². The Kier molecular flexibility index (Phi) is 3.65. The number of aromatic nitrogens is 1. The first kappa shape index (κ1) is 14.0. The summed E-state index contributed by atoms with van der Waals surface area (Å²) in [6, 6.07) is 11.8. The number of halogens is 1. The molecule has 0 unspecified atom stereocenters. The Balaban J connectivity index is 2.11. The normalized spacial score (nSPS) is 10.8. The van der Waals surface area contributed by atoms with E-state index >= 15 is 0 Å². The van der Waals surface area contributed by atoms with Crippen molar-refractivity contribution in [2.75, 3.05) is 5.32 Å². The number of fused-ring (bicyclic) bond motifs is 1. The van der Waals surface area contributed by atoms with Gasteiger partial charge >= 0.3 is 5.97 Å². The summed E-state index contributed by atoms with van der Waals surface area (Å²) in [6.45, 7) is 1.70. The van der Waals surface area contributed by atoms with Crippen molar-refractivity contribution in [3.63, 3.8) is 0 Å². The van der Waals surface area contributed by atoms with E-state index in [1.807, 2.05) is 36.4 Å². The molecular weight excluding hydrogens is 352 g/mol. The molecule has 3 rings (SSSR count). The maximum absolute atomic E-state index is 11.3. The lowest BCUT2D eigenvalue weighted by Gasteiger charge is -2.10. The third-order valence-corrected chi connectivity index (χ3v) is 4.74. The molecule has 0 aliphatic carbocycles. The number of nitrogens with zero attached hydrogens (tertiary/aromatic N) is 1. The molecule has 2 N–H and O–H groups in total. The zero-order valence-corrected chi connectivity index (χ0v) is 13.5. The molecule has 3 aromatic rings. The van der Waals surface area contributed by atoms with Crippen LogP contribution in [0.1, 0.15) is 16.1 Å². The summed E-state index contributed by atoms with van der Waals surface area (Å²) >= 11 is 4.69.